The summed E-state index contributed by atoms with van der Waals surface area (Å²) >= 11 is 0. The maximum absolute atomic E-state index is 13.1. The lowest BCUT2D eigenvalue weighted by Crippen LogP contribution is -2.55. The lowest BCUT2D eigenvalue weighted by Gasteiger charge is -2.37. The summed E-state index contributed by atoms with van der Waals surface area (Å²) in [5.74, 6) is -0.699. The van der Waals surface area contributed by atoms with Crippen molar-refractivity contribution in [2.24, 2.45) is 0 Å². The van der Waals surface area contributed by atoms with Gasteiger partial charge in [0.25, 0.3) is 5.91 Å². The van der Waals surface area contributed by atoms with Crippen LogP contribution in [0.4, 0.5) is 13.2 Å². The van der Waals surface area contributed by atoms with Crippen LogP contribution >= 0.6 is 0 Å². The first-order chi connectivity index (χ1) is 12.3. The lowest BCUT2D eigenvalue weighted by molar-refractivity contribution is -0.138. The topological polar surface area (TPSA) is 52.7 Å². The second kappa shape index (κ2) is 8.53. The number of nitrogens with zero attached hydrogens (tertiary/aromatic N) is 2. The Morgan fingerprint density at radius 2 is 1.77 bits per heavy atom. The van der Waals surface area contributed by atoms with Gasteiger partial charge in [0.15, 0.2) is 0 Å². The van der Waals surface area contributed by atoms with E-state index in [1.807, 2.05) is 11.8 Å². The van der Waals surface area contributed by atoms with Gasteiger partial charge in [0.05, 0.1) is 17.2 Å². The number of amides is 2. The Kier molecular flexibility index (Phi) is 6.63. The standard InChI is InChI=1S/C18H24F3N3O2/c1-3-8-22-16(25)13(2)23-9-11-24(12-10-23)17(26)14-6-4-5-7-15(14)18(19,20)21/h4-7,13H,3,8-12H2,1-2H3,(H,22,25). The summed E-state index contributed by atoms with van der Waals surface area (Å²) in [6.07, 6.45) is -3.72. The van der Waals surface area contributed by atoms with Crippen molar-refractivity contribution < 1.29 is 22.8 Å². The highest BCUT2D eigenvalue weighted by atomic mass is 19.4. The van der Waals surface area contributed by atoms with E-state index in [-0.39, 0.29) is 30.6 Å². The quantitative estimate of drug-likeness (QED) is 0.865. The molecule has 2 amide bonds. The van der Waals surface area contributed by atoms with Gasteiger partial charge in [0.2, 0.25) is 5.91 Å². The normalized spacial score (nSPS) is 17.0. The van der Waals surface area contributed by atoms with Gasteiger partial charge in [0, 0.05) is 32.7 Å². The number of carbonyl (C=O) groups is 2. The van der Waals surface area contributed by atoms with E-state index in [2.05, 4.69) is 5.32 Å². The second-order valence-electron chi connectivity index (χ2n) is 6.34. The van der Waals surface area contributed by atoms with E-state index < -0.39 is 17.6 Å². The number of rotatable bonds is 5. The van der Waals surface area contributed by atoms with Gasteiger partial charge in [-0.05, 0) is 25.5 Å². The van der Waals surface area contributed by atoms with Crippen LogP contribution in [0.15, 0.2) is 24.3 Å². The summed E-state index contributed by atoms with van der Waals surface area (Å²) < 4.78 is 39.3. The van der Waals surface area contributed by atoms with Crippen molar-refractivity contribution in [2.75, 3.05) is 32.7 Å². The summed E-state index contributed by atoms with van der Waals surface area (Å²) in [5, 5.41) is 2.83. The molecule has 2 rings (SSSR count). The summed E-state index contributed by atoms with van der Waals surface area (Å²) in [7, 11) is 0. The maximum Gasteiger partial charge on any atom is 0.417 e. The summed E-state index contributed by atoms with van der Waals surface area (Å²) in [6.45, 7) is 5.83. The highest BCUT2D eigenvalue weighted by Crippen LogP contribution is 2.32. The Morgan fingerprint density at radius 1 is 1.15 bits per heavy atom. The summed E-state index contributed by atoms with van der Waals surface area (Å²) in [5.41, 5.74) is -1.25. The van der Waals surface area contributed by atoms with Crippen LogP contribution in [0.1, 0.15) is 36.2 Å². The Hall–Kier alpha value is -2.09. The predicted octanol–water partition coefficient (Wildman–Crippen LogP) is 2.38. The molecule has 0 bridgehead atoms. The highest BCUT2D eigenvalue weighted by molar-refractivity contribution is 5.96. The van der Waals surface area contributed by atoms with Crippen LogP contribution in [-0.4, -0.2) is 60.4 Å². The van der Waals surface area contributed by atoms with Gasteiger partial charge < -0.3 is 10.2 Å². The van der Waals surface area contributed by atoms with Gasteiger partial charge in [-0.3, -0.25) is 14.5 Å². The van der Waals surface area contributed by atoms with Crippen molar-refractivity contribution in [1.82, 2.24) is 15.1 Å². The number of hydrogen-bond acceptors (Lipinski definition) is 3. The molecule has 0 aliphatic carbocycles. The molecule has 0 radical (unpaired) electrons. The fourth-order valence-corrected chi connectivity index (χ4v) is 2.96. The summed E-state index contributed by atoms with van der Waals surface area (Å²) in [4.78, 5) is 27.9. The van der Waals surface area contributed by atoms with Crippen LogP contribution in [0.3, 0.4) is 0 Å². The van der Waals surface area contributed by atoms with Crippen LogP contribution < -0.4 is 5.32 Å². The third-order valence-electron chi connectivity index (χ3n) is 4.54. The number of hydrogen-bond donors (Lipinski definition) is 1. The molecule has 1 heterocycles. The first-order valence-corrected chi connectivity index (χ1v) is 8.73. The van der Waals surface area contributed by atoms with Crippen LogP contribution in [-0.2, 0) is 11.0 Å². The Labute approximate surface area is 151 Å². The first kappa shape index (κ1) is 20.2. The second-order valence-corrected chi connectivity index (χ2v) is 6.34. The first-order valence-electron chi connectivity index (χ1n) is 8.73. The fraction of sp³-hybridized carbons (Fsp3) is 0.556. The van der Waals surface area contributed by atoms with Crippen molar-refractivity contribution in [3.63, 3.8) is 0 Å². The van der Waals surface area contributed by atoms with Crippen molar-refractivity contribution >= 4 is 11.8 Å². The molecular formula is C18H24F3N3O2. The molecule has 1 aromatic rings. The molecule has 1 fully saturated rings. The van der Waals surface area contributed by atoms with E-state index >= 15 is 0 Å². The van der Waals surface area contributed by atoms with Crippen molar-refractivity contribution in [1.29, 1.82) is 0 Å². The zero-order valence-electron chi connectivity index (χ0n) is 15.0. The van der Waals surface area contributed by atoms with E-state index in [0.717, 1.165) is 12.5 Å². The molecule has 144 valence electrons. The number of piperazine rings is 1. The monoisotopic (exact) mass is 371 g/mol. The van der Waals surface area contributed by atoms with Gasteiger partial charge in [-0.25, -0.2) is 0 Å². The number of carbonyl (C=O) groups excluding carboxylic acids is 2. The molecule has 0 saturated carbocycles. The largest absolute Gasteiger partial charge is 0.417 e. The van der Waals surface area contributed by atoms with Crippen molar-refractivity contribution in [3.05, 3.63) is 35.4 Å². The van der Waals surface area contributed by atoms with Crippen molar-refractivity contribution in [2.45, 2.75) is 32.5 Å². The fourth-order valence-electron chi connectivity index (χ4n) is 2.96. The summed E-state index contributed by atoms with van der Waals surface area (Å²) in [6, 6.07) is 4.50. The van der Waals surface area contributed by atoms with Gasteiger partial charge in [-0.2, -0.15) is 13.2 Å². The van der Waals surface area contributed by atoms with Crippen LogP contribution in [0.5, 0.6) is 0 Å². The molecule has 26 heavy (non-hydrogen) atoms. The van der Waals surface area contributed by atoms with E-state index in [4.69, 9.17) is 0 Å². The molecule has 1 saturated heterocycles. The number of alkyl halides is 3. The molecule has 1 unspecified atom stereocenters. The molecule has 5 nitrogen and oxygen atoms in total. The Bertz CT molecular complexity index is 641. The molecule has 1 aliphatic rings. The van der Waals surface area contributed by atoms with E-state index in [1.165, 1.54) is 23.1 Å². The van der Waals surface area contributed by atoms with Crippen molar-refractivity contribution in [3.8, 4) is 0 Å². The average molecular weight is 371 g/mol. The third kappa shape index (κ3) is 4.75. The third-order valence-corrected chi connectivity index (χ3v) is 4.54. The molecule has 1 aliphatic heterocycles. The van der Waals surface area contributed by atoms with Gasteiger partial charge in [0.1, 0.15) is 0 Å². The highest BCUT2D eigenvalue weighted by Gasteiger charge is 2.36. The molecule has 1 N–H and O–H groups in total. The molecule has 0 spiro atoms. The average Bonchev–Trinajstić information content (AvgIpc) is 2.64. The zero-order valence-corrected chi connectivity index (χ0v) is 15.0. The lowest BCUT2D eigenvalue weighted by atomic mass is 10.1. The van der Waals surface area contributed by atoms with Crippen LogP contribution in [0.2, 0.25) is 0 Å². The minimum absolute atomic E-state index is 0.0750. The van der Waals surface area contributed by atoms with E-state index in [1.54, 1.807) is 6.92 Å². The van der Waals surface area contributed by atoms with E-state index in [0.29, 0.717) is 19.6 Å². The predicted molar refractivity (Wildman–Crippen MR) is 91.7 cm³/mol. The Balaban J connectivity index is 2.00. The zero-order chi connectivity index (χ0) is 19.3. The molecule has 1 atom stereocenters. The molecule has 1 aromatic carbocycles. The minimum Gasteiger partial charge on any atom is -0.355 e. The van der Waals surface area contributed by atoms with E-state index in [9.17, 15) is 22.8 Å². The maximum atomic E-state index is 13.1. The van der Waals surface area contributed by atoms with Crippen LogP contribution in [0.25, 0.3) is 0 Å². The number of nitrogens with one attached hydrogen (secondary N) is 1. The number of benzene rings is 1. The Morgan fingerprint density at radius 3 is 2.35 bits per heavy atom. The van der Waals surface area contributed by atoms with Gasteiger partial charge >= 0.3 is 6.18 Å². The van der Waals surface area contributed by atoms with Gasteiger partial charge in [-0.15, -0.1) is 0 Å². The smallest absolute Gasteiger partial charge is 0.355 e. The molecule has 8 heteroatoms. The SMILES string of the molecule is CCCNC(=O)C(C)N1CCN(C(=O)c2ccccc2C(F)(F)F)CC1. The van der Waals surface area contributed by atoms with Gasteiger partial charge in [-0.1, -0.05) is 19.1 Å². The minimum atomic E-state index is -4.57. The molecule has 0 aromatic heterocycles. The molecular weight excluding hydrogens is 347 g/mol. The number of halogens is 3. The van der Waals surface area contributed by atoms with Crippen LogP contribution in [0, 0.1) is 0 Å².